The summed E-state index contributed by atoms with van der Waals surface area (Å²) in [5.74, 6) is 0.733. The molecule has 12 heterocycles. The summed E-state index contributed by atoms with van der Waals surface area (Å²) in [6, 6.07) is 140. The van der Waals surface area contributed by atoms with Crippen molar-refractivity contribution in [3.05, 3.63) is 419 Å². The predicted molar refractivity (Wildman–Crippen MR) is 500 cm³/mol. The van der Waals surface area contributed by atoms with Crippen LogP contribution in [0.15, 0.2) is 419 Å². The van der Waals surface area contributed by atoms with Crippen LogP contribution < -0.4 is 0 Å². The fourth-order valence-corrected chi connectivity index (χ4v) is 17.5. The van der Waals surface area contributed by atoms with E-state index in [0.29, 0.717) is 0 Å². The van der Waals surface area contributed by atoms with Crippen molar-refractivity contribution in [1.29, 1.82) is 0 Å². The van der Waals surface area contributed by atoms with Crippen LogP contribution in [0, 0.1) is 0 Å². The van der Waals surface area contributed by atoms with Crippen molar-refractivity contribution in [3.8, 4) is 78.5 Å². The first-order valence-corrected chi connectivity index (χ1v) is 40.8. The summed E-state index contributed by atoms with van der Waals surface area (Å²) in [7, 11) is 0. The van der Waals surface area contributed by atoms with Crippen LogP contribution in [-0.4, -0.2) is 62.5 Å². The highest BCUT2D eigenvalue weighted by Gasteiger charge is 2.22. The Morgan fingerprint density at radius 2 is 0.639 bits per heavy atom. The molecule has 0 aliphatic rings. The summed E-state index contributed by atoms with van der Waals surface area (Å²) >= 11 is 0. The van der Waals surface area contributed by atoms with Crippen LogP contribution in [0.5, 0.6) is 0 Å². The van der Waals surface area contributed by atoms with Gasteiger partial charge in [-0.3, -0.25) is 27.6 Å². The maximum atomic E-state index is 5.03. The average molecular weight is 1560 g/mol. The van der Waals surface area contributed by atoms with Crippen LogP contribution in [0.25, 0.3) is 222 Å². The molecule has 13 nitrogen and oxygen atoms in total. The third kappa shape index (κ3) is 12.4. The first-order valence-electron chi connectivity index (χ1n) is 40.8. The molecule has 12 aromatic heterocycles. The van der Waals surface area contributed by atoms with Crippen molar-refractivity contribution in [2.75, 3.05) is 0 Å². The lowest BCUT2D eigenvalue weighted by Crippen LogP contribution is -1.95. The van der Waals surface area contributed by atoms with E-state index >= 15 is 0 Å². The van der Waals surface area contributed by atoms with Crippen LogP contribution >= 0.6 is 0 Å². The highest BCUT2D eigenvalue weighted by atomic mass is 15.0. The number of aromatic nitrogens is 13. The Morgan fingerprint density at radius 3 is 1.25 bits per heavy atom. The molecule has 122 heavy (non-hydrogen) atoms. The van der Waals surface area contributed by atoms with Gasteiger partial charge in [0.1, 0.15) is 22.6 Å². The molecule has 570 valence electrons. The highest BCUT2D eigenvalue weighted by molar-refractivity contribution is 6.06. The van der Waals surface area contributed by atoms with E-state index in [1.54, 1.807) is 0 Å². The normalized spacial score (nSPS) is 11.6. The van der Waals surface area contributed by atoms with Crippen molar-refractivity contribution in [3.63, 3.8) is 0 Å². The van der Waals surface area contributed by atoms with Gasteiger partial charge in [0.25, 0.3) is 0 Å². The van der Waals surface area contributed by atoms with Gasteiger partial charge in [0.05, 0.1) is 99.8 Å². The molecule has 13 heteroatoms. The van der Waals surface area contributed by atoms with Gasteiger partial charge in [0.15, 0.2) is 5.82 Å². The van der Waals surface area contributed by atoms with Gasteiger partial charge < -0.3 is 0 Å². The van der Waals surface area contributed by atoms with Crippen LogP contribution in [0.1, 0.15) is 0 Å². The van der Waals surface area contributed by atoms with Crippen molar-refractivity contribution in [2.45, 2.75) is 0 Å². The van der Waals surface area contributed by atoms with Crippen LogP contribution in [0.3, 0.4) is 0 Å². The van der Waals surface area contributed by atoms with E-state index in [2.05, 4.69) is 350 Å². The predicted octanol–water partition coefficient (Wildman–Crippen LogP) is 26.7. The zero-order valence-electron chi connectivity index (χ0n) is 65.7. The topological polar surface area (TPSA) is 134 Å². The molecule has 0 atom stereocenters. The van der Waals surface area contributed by atoms with E-state index < -0.39 is 0 Å². The van der Waals surface area contributed by atoms with Crippen LogP contribution in [-0.2, 0) is 0 Å². The molecule has 0 aliphatic heterocycles. The molecular weight excluding hydrogens is 1490 g/mol. The SMILES string of the molecule is c1ccc(-c2ccnc(-c3cc4ccccc4n4c3nc3ccccc34)c2)cc1.c1ccc(-c2nc(-c3ccc(-c4cc5nc6ccccc6n5c5ccccc45)cc3)c3ccccc3n2)cc1.c1ccc2nc(-c3cc4ccccc4n4c3nc3ccccc34)ccc2c1.c1cnc2c(-c3cc4ccccc4n4c3nc3ccccc34)cccc2c1. The van der Waals surface area contributed by atoms with E-state index in [1.807, 2.05) is 91.3 Å². The smallest absolute Gasteiger partial charge is 0.160 e. The summed E-state index contributed by atoms with van der Waals surface area (Å²) < 4.78 is 9.01. The first kappa shape index (κ1) is 70.6. The largest absolute Gasteiger partial charge is 0.292 e. The Morgan fingerprint density at radius 1 is 0.189 bits per heavy atom. The van der Waals surface area contributed by atoms with Crippen molar-refractivity contribution < 1.29 is 0 Å². The van der Waals surface area contributed by atoms with Gasteiger partial charge in [-0.15, -0.1) is 0 Å². The second kappa shape index (κ2) is 29.7. The minimum atomic E-state index is 0.733. The number of nitrogens with zero attached hydrogens (tertiary/aromatic N) is 13. The lowest BCUT2D eigenvalue weighted by molar-refractivity contribution is 1.23. The molecule has 0 saturated carbocycles. The second-order valence-electron chi connectivity index (χ2n) is 30.4. The zero-order valence-corrected chi connectivity index (χ0v) is 65.7. The molecule has 14 aromatic carbocycles. The summed E-state index contributed by atoms with van der Waals surface area (Å²) in [6.07, 6.45) is 3.73. The van der Waals surface area contributed by atoms with Crippen molar-refractivity contribution in [1.82, 2.24) is 62.5 Å². The molecule has 26 aromatic rings. The molecular formula is C109H69N13. The quantitative estimate of drug-likeness (QED) is 0.153. The molecule has 0 aliphatic carbocycles. The van der Waals surface area contributed by atoms with E-state index in [-0.39, 0.29) is 0 Å². The molecule has 0 unspecified atom stereocenters. The molecule has 0 spiro atoms. The number of benzene rings is 14. The lowest BCUT2D eigenvalue weighted by atomic mass is 9.98. The van der Waals surface area contributed by atoms with Gasteiger partial charge >= 0.3 is 0 Å². The summed E-state index contributed by atoms with van der Waals surface area (Å²) in [5.41, 5.74) is 33.6. The van der Waals surface area contributed by atoms with Crippen molar-refractivity contribution in [2.24, 2.45) is 0 Å². The van der Waals surface area contributed by atoms with Gasteiger partial charge in [0.2, 0.25) is 0 Å². The van der Waals surface area contributed by atoms with Gasteiger partial charge in [-0.25, -0.2) is 34.9 Å². The van der Waals surface area contributed by atoms with Gasteiger partial charge in [-0.05, 0) is 172 Å². The summed E-state index contributed by atoms with van der Waals surface area (Å²) in [4.78, 5) is 44.0. The van der Waals surface area contributed by atoms with E-state index in [0.717, 1.165) is 194 Å². The van der Waals surface area contributed by atoms with E-state index in [9.17, 15) is 0 Å². The second-order valence-corrected chi connectivity index (χ2v) is 30.4. The minimum Gasteiger partial charge on any atom is -0.292 e. The Bertz CT molecular complexity index is 8600. The number of rotatable bonds is 7. The Labute approximate surface area is 698 Å². The van der Waals surface area contributed by atoms with Gasteiger partial charge in [0, 0.05) is 67.3 Å². The third-order valence-electron chi connectivity index (χ3n) is 23.2. The number of para-hydroxylation sites is 15. The lowest BCUT2D eigenvalue weighted by Gasteiger charge is -2.12. The molecule has 0 saturated heterocycles. The Balaban J connectivity index is 0.0000000956. The molecule has 0 bridgehead atoms. The molecule has 0 radical (unpaired) electrons. The summed E-state index contributed by atoms with van der Waals surface area (Å²) in [5, 5.41) is 8.06. The molecule has 0 fully saturated rings. The number of pyridine rings is 7. The van der Waals surface area contributed by atoms with Crippen LogP contribution in [0.2, 0.25) is 0 Å². The fourth-order valence-electron chi connectivity index (χ4n) is 17.5. The van der Waals surface area contributed by atoms with Gasteiger partial charge in [-0.1, -0.05) is 273 Å². The molecule has 0 amide bonds. The average Bonchev–Trinajstić information content (AvgIpc) is 1.55. The minimum absolute atomic E-state index is 0.733. The summed E-state index contributed by atoms with van der Waals surface area (Å²) in [6.45, 7) is 0. The highest BCUT2D eigenvalue weighted by Crippen LogP contribution is 2.41. The number of imidazole rings is 4. The Hall–Kier alpha value is -16.8. The fraction of sp³-hybridized carbons (Fsp3) is 0. The number of hydrogen-bond acceptors (Lipinski definition) is 9. The number of hydrogen-bond donors (Lipinski definition) is 0. The number of fused-ring (bicyclic) bond motifs is 23. The standard InChI is InChI=1S/C35H22N4.C26H17N3.2C24H15N3/c1-2-10-25(11-3-1)35-37-29-14-6-4-13-27(29)34(38-35)24-20-18-23(19-21-24)28-22-33-36-30-15-7-9-17-32(30)39(33)31-16-8-5-12-26(28)31;1-2-8-18(9-3-1)19-14-15-27-23(17-19)21-16-20-10-4-6-12-24(20)29-25-13-7-5-11-22(25)28-26(21)29;1-3-9-19-16(7-1)13-14-20(25-19)18-15-17-8-2-5-11-22(17)27-23-12-6-4-10-21(23)26-24(18)27;1-3-12-21-17(7-1)15-19(18-10-5-8-16-9-6-14-25-23(16)18)24-26-20-11-2-4-13-22(20)27(21)24/h1-22H;1-17H;2*1-15H. The molecule has 0 N–H and O–H groups in total. The van der Waals surface area contributed by atoms with E-state index in [1.165, 1.54) is 27.1 Å². The monoisotopic (exact) mass is 1560 g/mol. The van der Waals surface area contributed by atoms with Crippen molar-refractivity contribution >= 4 is 143 Å². The molecule has 26 rings (SSSR count). The van der Waals surface area contributed by atoms with Crippen LogP contribution in [0.4, 0.5) is 0 Å². The third-order valence-corrected chi connectivity index (χ3v) is 23.2. The van der Waals surface area contributed by atoms with E-state index in [4.69, 9.17) is 39.9 Å². The van der Waals surface area contributed by atoms with Gasteiger partial charge in [-0.2, -0.15) is 0 Å². The maximum Gasteiger partial charge on any atom is 0.160 e. The Kier molecular flexibility index (Phi) is 17.2. The first-order chi connectivity index (χ1) is 60.5. The maximum absolute atomic E-state index is 5.03. The zero-order chi connectivity index (χ0) is 80.6.